The Hall–Kier alpha value is -6.61. The number of anilines is 1. The number of halogens is 3. The number of aromatic nitrogens is 4. The topological polar surface area (TPSA) is 165 Å². The molecule has 0 bridgehead atoms. The zero-order valence-electron chi connectivity index (χ0n) is 34.8. The van der Waals surface area contributed by atoms with Gasteiger partial charge in [0.2, 0.25) is 0 Å². The first kappa shape index (κ1) is 51.0. The predicted octanol–water partition coefficient (Wildman–Crippen LogP) is 10.9. The van der Waals surface area contributed by atoms with Crippen LogP contribution in [0.4, 0.5) is 18.9 Å². The number of fused-ring (bicyclic) bond motifs is 3. The molecule has 7 aromatic rings. The molecular formula is C50H61F3N6O6. The third-order valence-electron chi connectivity index (χ3n) is 11.1. The molecule has 1 saturated carbocycles. The lowest BCUT2D eigenvalue weighted by molar-refractivity contribution is 0.0520. The van der Waals surface area contributed by atoms with Gasteiger partial charge in [0.1, 0.15) is 34.5 Å². The summed E-state index contributed by atoms with van der Waals surface area (Å²) in [7, 11) is 0. The molecule has 1 aliphatic carbocycles. The molecule has 15 heteroatoms. The highest BCUT2D eigenvalue weighted by molar-refractivity contribution is 6.01. The number of carbonyl (C=O) groups excluding carboxylic acids is 2. The van der Waals surface area contributed by atoms with Crippen molar-refractivity contribution >= 4 is 56.2 Å². The normalized spacial score (nSPS) is 13.0. The van der Waals surface area contributed by atoms with Crippen molar-refractivity contribution in [3.8, 4) is 0 Å². The van der Waals surface area contributed by atoms with Crippen LogP contribution in [0.15, 0.2) is 72.9 Å². The second kappa shape index (κ2) is 22.8. The van der Waals surface area contributed by atoms with Crippen molar-refractivity contribution in [3.63, 3.8) is 0 Å². The second-order valence-electron chi connectivity index (χ2n) is 15.0. The molecule has 348 valence electrons. The molecule has 65 heavy (non-hydrogen) atoms. The van der Waals surface area contributed by atoms with Crippen molar-refractivity contribution in [3.05, 3.63) is 130 Å². The first-order chi connectivity index (χ1) is 30.0. The molecule has 2 fully saturated rings. The Labute approximate surface area is 377 Å². The first-order valence-corrected chi connectivity index (χ1v) is 20.9. The molecule has 4 aromatic heterocycles. The van der Waals surface area contributed by atoms with Gasteiger partial charge in [-0.05, 0) is 85.5 Å². The summed E-state index contributed by atoms with van der Waals surface area (Å²) in [5, 5.41) is 14.0. The zero-order chi connectivity index (χ0) is 43.9. The lowest BCUT2D eigenvalue weighted by atomic mass is 10.1. The van der Waals surface area contributed by atoms with Crippen LogP contribution in [-0.4, -0.2) is 82.3 Å². The van der Waals surface area contributed by atoms with Gasteiger partial charge >= 0.3 is 11.9 Å². The van der Waals surface area contributed by atoms with Gasteiger partial charge in [0.25, 0.3) is 5.91 Å². The molecule has 1 aliphatic heterocycles. The molecular weight excluding hydrogens is 838 g/mol. The third kappa shape index (κ3) is 11.4. The lowest BCUT2D eigenvalue weighted by Crippen LogP contribution is -2.36. The van der Waals surface area contributed by atoms with Gasteiger partial charge < -0.3 is 39.7 Å². The van der Waals surface area contributed by atoms with Gasteiger partial charge in [0, 0.05) is 47.9 Å². The average Bonchev–Trinajstić information content (AvgIpc) is 3.71. The van der Waals surface area contributed by atoms with E-state index in [2.05, 4.69) is 31.2 Å². The van der Waals surface area contributed by atoms with Crippen LogP contribution in [0.2, 0.25) is 0 Å². The van der Waals surface area contributed by atoms with Crippen LogP contribution in [0, 0.1) is 17.5 Å². The summed E-state index contributed by atoms with van der Waals surface area (Å²) in [5.41, 5.74) is 6.84. The number of ether oxygens (including phenoxy) is 2. The number of carboxylic acids is 1. The van der Waals surface area contributed by atoms with Gasteiger partial charge in [-0.1, -0.05) is 72.5 Å². The van der Waals surface area contributed by atoms with Gasteiger partial charge in [-0.3, -0.25) is 9.78 Å². The summed E-state index contributed by atoms with van der Waals surface area (Å²) < 4.78 is 51.1. The summed E-state index contributed by atoms with van der Waals surface area (Å²) in [5.74, 6) is -2.27. The highest BCUT2D eigenvalue weighted by atomic mass is 19.1. The summed E-state index contributed by atoms with van der Waals surface area (Å²) >= 11 is 0. The van der Waals surface area contributed by atoms with Crippen molar-refractivity contribution < 1.29 is 42.1 Å². The number of pyridine rings is 1. The number of esters is 1. The van der Waals surface area contributed by atoms with E-state index in [-0.39, 0.29) is 56.7 Å². The van der Waals surface area contributed by atoms with Crippen LogP contribution in [0.1, 0.15) is 116 Å². The number of carboxylic acid groups (broad SMARTS) is 1. The van der Waals surface area contributed by atoms with E-state index >= 15 is 0 Å². The van der Waals surface area contributed by atoms with Crippen molar-refractivity contribution in [1.82, 2.24) is 25.3 Å². The molecule has 1 saturated heterocycles. The minimum absolute atomic E-state index is 0. The second-order valence-corrected chi connectivity index (χ2v) is 15.0. The maximum absolute atomic E-state index is 14.2. The number of para-hydroxylation sites is 3. The summed E-state index contributed by atoms with van der Waals surface area (Å²) in [4.78, 5) is 50.5. The van der Waals surface area contributed by atoms with E-state index in [1.807, 2.05) is 26.1 Å². The number of aromatic amines is 3. The fraction of sp³-hybridized carbons (Fsp3) is 0.360. The largest absolute Gasteiger partial charge is 0.477 e. The van der Waals surface area contributed by atoms with Crippen LogP contribution < -0.4 is 10.2 Å². The van der Waals surface area contributed by atoms with Crippen molar-refractivity contribution in [2.24, 2.45) is 0 Å². The summed E-state index contributed by atoms with van der Waals surface area (Å²) in [6.45, 7) is 9.64. The van der Waals surface area contributed by atoms with E-state index in [0.717, 1.165) is 48.6 Å². The summed E-state index contributed by atoms with van der Waals surface area (Å²) in [6, 6.07) is 18.1. The number of nitrogens with one attached hydrogen (secondary N) is 4. The Morgan fingerprint density at radius 2 is 1.37 bits per heavy atom. The maximum atomic E-state index is 14.2. The van der Waals surface area contributed by atoms with Crippen LogP contribution in [0.3, 0.4) is 0 Å². The fourth-order valence-corrected chi connectivity index (χ4v) is 7.86. The summed E-state index contributed by atoms with van der Waals surface area (Å²) in [6.07, 6.45) is 6.25. The molecule has 3 aromatic carbocycles. The number of morpholine rings is 1. The highest BCUT2D eigenvalue weighted by Crippen LogP contribution is 2.42. The van der Waals surface area contributed by atoms with E-state index in [1.165, 1.54) is 36.6 Å². The lowest BCUT2D eigenvalue weighted by Gasteiger charge is -2.29. The average molecular weight is 899 g/mol. The smallest absolute Gasteiger partial charge is 0.354 e. The van der Waals surface area contributed by atoms with Gasteiger partial charge in [-0.2, -0.15) is 0 Å². The van der Waals surface area contributed by atoms with Crippen molar-refractivity contribution in [2.45, 2.75) is 81.1 Å². The number of aryl methyl sites for hydroxylation is 2. The number of hydrogen-bond acceptors (Lipinski definition) is 7. The van der Waals surface area contributed by atoms with Crippen molar-refractivity contribution in [1.29, 1.82) is 0 Å². The Kier molecular flexibility index (Phi) is 17.9. The van der Waals surface area contributed by atoms with E-state index in [0.29, 0.717) is 71.4 Å². The standard InChI is InChI=1S/C25H29FN4O2.2C11H10FNO2.3CH4/c1-2-18-19-4-3-5-21(26)23(19)29-24(18)25(31)27-9-8-22-20(16-6-7-16)14-17(15-28-22)30-10-12-32-13-11-30;1-2-15-11(14)9-6-7-4-3-5-8(12)10(7)13-9;1-2-6-7-4-3-5-8(12)9(7)13-10(6)11(14)15;;;/h3-5,14-16,29H,2,6-13H2,1H3,(H,27,31);3-6,13H,2H2,1H3;3-5,13H,2H2,1H3,(H,14,15);3*1H4. The number of carbonyl (C=O) groups is 3. The van der Waals surface area contributed by atoms with Crippen LogP contribution in [0.5, 0.6) is 0 Å². The quantitative estimate of drug-likeness (QED) is 0.0801. The van der Waals surface area contributed by atoms with Crippen LogP contribution >= 0.6 is 0 Å². The first-order valence-electron chi connectivity index (χ1n) is 20.9. The molecule has 2 aliphatic rings. The molecule has 0 radical (unpaired) electrons. The van der Waals surface area contributed by atoms with E-state index < -0.39 is 17.8 Å². The van der Waals surface area contributed by atoms with E-state index in [4.69, 9.17) is 19.6 Å². The number of aromatic carboxylic acids is 1. The molecule has 9 rings (SSSR count). The fourth-order valence-electron chi connectivity index (χ4n) is 7.86. The van der Waals surface area contributed by atoms with Gasteiger partial charge in [0.05, 0.1) is 48.3 Å². The highest BCUT2D eigenvalue weighted by Gasteiger charge is 2.28. The maximum Gasteiger partial charge on any atom is 0.354 e. The predicted molar refractivity (Wildman–Crippen MR) is 252 cm³/mol. The van der Waals surface area contributed by atoms with Gasteiger partial charge in [-0.25, -0.2) is 22.8 Å². The van der Waals surface area contributed by atoms with Crippen molar-refractivity contribution in [2.75, 3.05) is 44.4 Å². The Bertz CT molecular complexity index is 2730. The number of amides is 1. The van der Waals surface area contributed by atoms with Gasteiger partial charge in [0.15, 0.2) is 0 Å². The van der Waals surface area contributed by atoms with E-state index in [1.54, 1.807) is 43.3 Å². The SMILES string of the molecule is C.C.C.CCOC(=O)c1cc2cccc(F)c2[nH]1.CCc1c(C(=O)NCCc2ncc(N3CCOCC3)cc2C2CC2)[nH]c2c(F)cccc12.CCc1c(C(=O)O)[nH]c2c(F)cccc12. The molecule has 5 N–H and O–H groups in total. The number of rotatable bonds is 11. The minimum atomic E-state index is -1.05. The molecule has 5 heterocycles. The molecule has 12 nitrogen and oxygen atoms in total. The van der Waals surface area contributed by atoms with Gasteiger partial charge in [-0.15, -0.1) is 0 Å². The number of nitrogens with zero attached hydrogens (tertiary/aromatic N) is 2. The molecule has 0 unspecified atom stereocenters. The number of benzene rings is 3. The third-order valence-corrected chi connectivity index (χ3v) is 11.1. The number of H-pyrrole nitrogens is 3. The zero-order valence-corrected chi connectivity index (χ0v) is 34.8. The number of hydrogen-bond donors (Lipinski definition) is 5. The molecule has 0 spiro atoms. The molecule has 0 atom stereocenters. The monoisotopic (exact) mass is 898 g/mol. The minimum Gasteiger partial charge on any atom is -0.477 e. The Morgan fingerprint density at radius 3 is 1.92 bits per heavy atom. The molecule has 1 amide bonds. The van der Waals surface area contributed by atoms with Crippen LogP contribution in [-0.2, 0) is 28.7 Å². The van der Waals surface area contributed by atoms with Crippen LogP contribution in [0.25, 0.3) is 32.7 Å². The van der Waals surface area contributed by atoms with E-state index in [9.17, 15) is 27.6 Å². The Morgan fingerprint density at radius 1 is 0.800 bits per heavy atom. The Balaban J connectivity index is 0.000000235.